The van der Waals surface area contributed by atoms with E-state index in [4.69, 9.17) is 5.73 Å². The quantitative estimate of drug-likeness (QED) is 0.813. The van der Waals surface area contributed by atoms with Crippen LogP contribution in [0.15, 0.2) is 34.8 Å². The molecule has 0 unspecified atom stereocenters. The zero-order chi connectivity index (χ0) is 14.9. The third-order valence-corrected chi connectivity index (χ3v) is 3.59. The molecule has 0 aromatic heterocycles. The summed E-state index contributed by atoms with van der Waals surface area (Å²) in [6, 6.07) is 8.22. The Hall–Kier alpha value is -1.88. The molecule has 3 N–H and O–H groups in total. The minimum absolute atomic E-state index is 0.199. The SMILES string of the molecule is Cc1ccc(Br)cc1NC(=O)c1cc(N)c(C)c(F)c1. The summed E-state index contributed by atoms with van der Waals surface area (Å²) in [4.78, 5) is 12.1. The van der Waals surface area contributed by atoms with E-state index in [2.05, 4.69) is 21.2 Å². The second-order valence-electron chi connectivity index (χ2n) is 4.59. The van der Waals surface area contributed by atoms with Crippen LogP contribution in [0.5, 0.6) is 0 Å². The molecule has 2 aromatic rings. The van der Waals surface area contributed by atoms with Gasteiger partial charge in [0, 0.05) is 27.0 Å². The first-order chi connectivity index (χ1) is 9.38. The second-order valence-corrected chi connectivity index (χ2v) is 5.50. The van der Waals surface area contributed by atoms with Crippen LogP contribution >= 0.6 is 15.9 Å². The van der Waals surface area contributed by atoms with Crippen molar-refractivity contribution in [1.29, 1.82) is 0 Å². The molecule has 0 atom stereocenters. The number of carbonyl (C=O) groups excluding carboxylic acids is 1. The summed E-state index contributed by atoms with van der Waals surface area (Å²) in [6.45, 7) is 3.46. The van der Waals surface area contributed by atoms with E-state index < -0.39 is 11.7 Å². The lowest BCUT2D eigenvalue weighted by atomic mass is 10.1. The van der Waals surface area contributed by atoms with Crippen molar-refractivity contribution in [1.82, 2.24) is 0 Å². The molecule has 104 valence electrons. The number of carbonyl (C=O) groups is 1. The Kier molecular flexibility index (Phi) is 4.09. The van der Waals surface area contributed by atoms with Crippen molar-refractivity contribution in [2.45, 2.75) is 13.8 Å². The molecule has 0 saturated heterocycles. The lowest BCUT2D eigenvalue weighted by molar-refractivity contribution is 0.102. The van der Waals surface area contributed by atoms with Crippen molar-refractivity contribution in [2.75, 3.05) is 11.1 Å². The summed E-state index contributed by atoms with van der Waals surface area (Å²) in [6.07, 6.45) is 0. The van der Waals surface area contributed by atoms with Gasteiger partial charge in [-0.25, -0.2) is 4.39 Å². The van der Waals surface area contributed by atoms with Crippen molar-refractivity contribution in [2.24, 2.45) is 0 Å². The molecule has 0 fully saturated rings. The Morgan fingerprint density at radius 2 is 1.95 bits per heavy atom. The number of benzene rings is 2. The number of hydrogen-bond donors (Lipinski definition) is 2. The topological polar surface area (TPSA) is 55.1 Å². The monoisotopic (exact) mass is 336 g/mol. The fraction of sp³-hybridized carbons (Fsp3) is 0.133. The van der Waals surface area contributed by atoms with Crippen molar-refractivity contribution in [3.05, 3.63) is 57.3 Å². The van der Waals surface area contributed by atoms with Gasteiger partial charge in [-0.2, -0.15) is 0 Å². The van der Waals surface area contributed by atoms with Crippen LogP contribution in [0, 0.1) is 19.7 Å². The summed E-state index contributed by atoms with van der Waals surface area (Å²) in [5.41, 5.74) is 8.08. The molecule has 2 rings (SSSR count). The Morgan fingerprint density at radius 1 is 1.25 bits per heavy atom. The van der Waals surface area contributed by atoms with Gasteiger partial charge in [0.15, 0.2) is 0 Å². The van der Waals surface area contributed by atoms with Crippen molar-refractivity contribution < 1.29 is 9.18 Å². The Balaban J connectivity index is 2.31. The van der Waals surface area contributed by atoms with E-state index in [-0.39, 0.29) is 11.3 Å². The Bertz CT molecular complexity index is 663. The highest BCUT2D eigenvalue weighted by Crippen LogP contribution is 2.23. The molecule has 3 nitrogen and oxygen atoms in total. The fourth-order valence-corrected chi connectivity index (χ4v) is 2.12. The van der Waals surface area contributed by atoms with Crippen molar-refractivity contribution in [3.63, 3.8) is 0 Å². The first-order valence-corrected chi connectivity index (χ1v) is 6.81. The van der Waals surface area contributed by atoms with E-state index in [0.29, 0.717) is 11.3 Å². The number of nitrogens with two attached hydrogens (primary N) is 1. The van der Waals surface area contributed by atoms with Gasteiger partial charge < -0.3 is 11.1 Å². The molecule has 0 saturated carbocycles. The highest BCUT2D eigenvalue weighted by molar-refractivity contribution is 9.10. The molecule has 0 aliphatic rings. The Labute approximate surface area is 125 Å². The average molecular weight is 337 g/mol. The third kappa shape index (κ3) is 2.99. The van der Waals surface area contributed by atoms with E-state index in [0.717, 1.165) is 10.0 Å². The summed E-state index contributed by atoms with van der Waals surface area (Å²) in [7, 11) is 0. The minimum atomic E-state index is -0.485. The van der Waals surface area contributed by atoms with Crippen molar-refractivity contribution >= 4 is 33.2 Å². The summed E-state index contributed by atoms with van der Waals surface area (Å²) < 4.78 is 14.5. The maximum absolute atomic E-state index is 13.6. The number of hydrogen-bond acceptors (Lipinski definition) is 2. The molecule has 0 spiro atoms. The number of halogens is 2. The maximum atomic E-state index is 13.6. The van der Waals surface area contributed by atoms with Gasteiger partial charge in [-0.1, -0.05) is 22.0 Å². The largest absolute Gasteiger partial charge is 0.398 e. The maximum Gasteiger partial charge on any atom is 0.255 e. The molecule has 0 heterocycles. The van der Waals surface area contributed by atoms with Gasteiger partial charge in [0.05, 0.1) is 0 Å². The molecule has 20 heavy (non-hydrogen) atoms. The average Bonchev–Trinajstić information content (AvgIpc) is 2.39. The van der Waals surface area contributed by atoms with Crippen LogP contribution in [-0.2, 0) is 0 Å². The zero-order valence-electron chi connectivity index (χ0n) is 11.1. The molecule has 5 heteroatoms. The number of aryl methyl sites for hydroxylation is 1. The molecule has 0 aliphatic heterocycles. The number of anilines is 2. The predicted octanol–water partition coefficient (Wildman–Crippen LogP) is 4.04. The van der Waals surface area contributed by atoms with Gasteiger partial charge in [0.2, 0.25) is 0 Å². The van der Waals surface area contributed by atoms with Crippen LogP contribution in [0.25, 0.3) is 0 Å². The van der Waals surface area contributed by atoms with Gasteiger partial charge in [-0.05, 0) is 43.7 Å². The number of amides is 1. The number of nitrogens with one attached hydrogen (secondary N) is 1. The molecule has 0 aliphatic carbocycles. The lowest BCUT2D eigenvalue weighted by Gasteiger charge is -2.10. The fourth-order valence-electron chi connectivity index (χ4n) is 1.75. The first kappa shape index (κ1) is 14.5. The van der Waals surface area contributed by atoms with E-state index in [1.165, 1.54) is 12.1 Å². The van der Waals surface area contributed by atoms with Crippen LogP contribution < -0.4 is 11.1 Å². The van der Waals surface area contributed by atoms with E-state index in [9.17, 15) is 9.18 Å². The van der Waals surface area contributed by atoms with Gasteiger partial charge in [-0.15, -0.1) is 0 Å². The molecule has 0 radical (unpaired) electrons. The zero-order valence-corrected chi connectivity index (χ0v) is 12.7. The van der Waals surface area contributed by atoms with Crippen LogP contribution in [0.2, 0.25) is 0 Å². The summed E-state index contributed by atoms with van der Waals surface area (Å²) in [5, 5.41) is 2.75. The van der Waals surface area contributed by atoms with Crippen LogP contribution in [-0.4, -0.2) is 5.91 Å². The standard InChI is InChI=1S/C15H14BrFN2O/c1-8-3-4-11(16)7-14(8)19-15(20)10-5-12(17)9(2)13(18)6-10/h3-7H,18H2,1-2H3,(H,19,20). The van der Waals surface area contributed by atoms with Gasteiger partial charge in [0.25, 0.3) is 5.91 Å². The highest BCUT2D eigenvalue weighted by atomic mass is 79.9. The number of nitrogen functional groups attached to an aromatic ring is 1. The van der Waals surface area contributed by atoms with Crippen LogP contribution in [0.3, 0.4) is 0 Å². The summed E-state index contributed by atoms with van der Waals surface area (Å²) >= 11 is 3.34. The van der Waals surface area contributed by atoms with E-state index in [1.54, 1.807) is 13.0 Å². The third-order valence-electron chi connectivity index (χ3n) is 3.09. The Morgan fingerprint density at radius 3 is 2.60 bits per heavy atom. The predicted molar refractivity (Wildman–Crippen MR) is 82.4 cm³/mol. The van der Waals surface area contributed by atoms with E-state index >= 15 is 0 Å². The van der Waals surface area contributed by atoms with Gasteiger partial charge >= 0.3 is 0 Å². The summed E-state index contributed by atoms with van der Waals surface area (Å²) in [5.74, 6) is -0.877. The molecule has 0 bridgehead atoms. The highest BCUT2D eigenvalue weighted by Gasteiger charge is 2.12. The molecular weight excluding hydrogens is 323 g/mol. The smallest absolute Gasteiger partial charge is 0.255 e. The van der Waals surface area contributed by atoms with Gasteiger partial charge in [-0.3, -0.25) is 4.79 Å². The van der Waals surface area contributed by atoms with E-state index in [1.807, 2.05) is 19.1 Å². The number of rotatable bonds is 2. The normalized spacial score (nSPS) is 10.4. The minimum Gasteiger partial charge on any atom is -0.398 e. The molecule has 2 aromatic carbocycles. The molecular formula is C15H14BrFN2O. The van der Waals surface area contributed by atoms with Crippen molar-refractivity contribution in [3.8, 4) is 0 Å². The molecule has 1 amide bonds. The first-order valence-electron chi connectivity index (χ1n) is 6.01. The second kappa shape index (κ2) is 5.63. The van der Waals surface area contributed by atoms with Crippen LogP contribution in [0.4, 0.5) is 15.8 Å². The van der Waals surface area contributed by atoms with Crippen LogP contribution in [0.1, 0.15) is 21.5 Å². The lowest BCUT2D eigenvalue weighted by Crippen LogP contribution is -2.14. The van der Waals surface area contributed by atoms with Gasteiger partial charge in [0.1, 0.15) is 5.82 Å².